The van der Waals surface area contributed by atoms with Gasteiger partial charge in [0.15, 0.2) is 9.96 Å². The third kappa shape index (κ3) is 3.12. The Labute approximate surface area is 134 Å². The van der Waals surface area contributed by atoms with E-state index in [1.807, 2.05) is 0 Å². The highest BCUT2D eigenvalue weighted by Gasteiger charge is 2.38. The Kier molecular flexibility index (Phi) is 5.43. The summed E-state index contributed by atoms with van der Waals surface area (Å²) in [6.07, 6.45) is 1.64. The number of thiophene rings is 1. The molecule has 1 unspecified atom stereocenters. The molecule has 124 valence electrons. The maximum absolute atomic E-state index is 12.9. The van der Waals surface area contributed by atoms with Crippen LogP contribution in [0.15, 0.2) is 10.3 Å². The zero-order valence-corrected chi connectivity index (χ0v) is 14.4. The van der Waals surface area contributed by atoms with Crippen LogP contribution in [-0.4, -0.2) is 59.1 Å². The van der Waals surface area contributed by atoms with Crippen molar-refractivity contribution in [1.82, 2.24) is 9.62 Å². The van der Waals surface area contributed by atoms with Crippen LogP contribution in [0, 0.1) is 0 Å². The zero-order valence-electron chi connectivity index (χ0n) is 12.8. The van der Waals surface area contributed by atoms with Gasteiger partial charge in [0.05, 0.1) is 14.2 Å². The SMILES string of the molecule is CNCC1CCCN1S(=O)(=O)c1sc(C(=O)OC)cc1OC. The molecule has 0 aliphatic carbocycles. The highest BCUT2D eigenvalue weighted by atomic mass is 32.2. The van der Waals surface area contributed by atoms with Crippen LogP contribution >= 0.6 is 11.3 Å². The number of likely N-dealkylation sites (N-methyl/N-ethyl adjacent to an activating group) is 1. The monoisotopic (exact) mass is 348 g/mol. The molecule has 1 fully saturated rings. The van der Waals surface area contributed by atoms with Crippen molar-refractivity contribution in [2.45, 2.75) is 23.1 Å². The fraction of sp³-hybridized carbons (Fsp3) is 0.615. The minimum absolute atomic E-state index is 0.0541. The smallest absolute Gasteiger partial charge is 0.348 e. The topological polar surface area (TPSA) is 84.9 Å². The van der Waals surface area contributed by atoms with Gasteiger partial charge in [0, 0.05) is 25.2 Å². The lowest BCUT2D eigenvalue weighted by Crippen LogP contribution is -2.40. The Bertz CT molecular complexity index is 641. The fourth-order valence-corrected chi connectivity index (χ4v) is 5.86. The van der Waals surface area contributed by atoms with Crippen LogP contribution in [0.25, 0.3) is 0 Å². The number of rotatable bonds is 6. The van der Waals surface area contributed by atoms with E-state index in [1.54, 1.807) is 7.05 Å². The van der Waals surface area contributed by atoms with E-state index in [4.69, 9.17) is 4.74 Å². The summed E-state index contributed by atoms with van der Waals surface area (Å²) in [5.74, 6) is -0.390. The van der Waals surface area contributed by atoms with Crippen LogP contribution in [-0.2, 0) is 14.8 Å². The molecule has 0 bridgehead atoms. The molecule has 1 atom stereocenters. The normalized spacial score (nSPS) is 19.3. The first kappa shape index (κ1) is 17.2. The number of nitrogens with zero attached hydrogens (tertiary/aromatic N) is 1. The highest BCUT2D eigenvalue weighted by molar-refractivity contribution is 7.91. The third-order valence-electron chi connectivity index (χ3n) is 3.58. The minimum Gasteiger partial charge on any atom is -0.494 e. The number of hydrogen-bond acceptors (Lipinski definition) is 7. The Morgan fingerprint density at radius 2 is 2.23 bits per heavy atom. The van der Waals surface area contributed by atoms with E-state index in [2.05, 4.69) is 10.1 Å². The first-order valence-corrected chi connectivity index (χ1v) is 9.14. The molecule has 0 spiro atoms. The first-order chi connectivity index (χ1) is 10.5. The van der Waals surface area contributed by atoms with E-state index < -0.39 is 16.0 Å². The highest BCUT2D eigenvalue weighted by Crippen LogP contribution is 2.38. The molecule has 1 aliphatic heterocycles. The lowest BCUT2D eigenvalue weighted by molar-refractivity contribution is 0.0606. The van der Waals surface area contributed by atoms with Crippen LogP contribution in [0.4, 0.5) is 0 Å². The molecule has 0 saturated carbocycles. The molecular formula is C13H20N2O5S2. The summed E-state index contributed by atoms with van der Waals surface area (Å²) < 4.78 is 37.1. The second-order valence-electron chi connectivity index (χ2n) is 4.93. The summed E-state index contributed by atoms with van der Waals surface area (Å²) in [7, 11) is 0.743. The Balaban J connectivity index is 2.40. The van der Waals surface area contributed by atoms with Gasteiger partial charge in [0.25, 0.3) is 10.0 Å². The summed E-state index contributed by atoms with van der Waals surface area (Å²) in [6.45, 7) is 1.07. The Hall–Kier alpha value is -1.16. The van der Waals surface area contributed by atoms with Gasteiger partial charge in [0.2, 0.25) is 0 Å². The molecule has 1 aromatic heterocycles. The Morgan fingerprint density at radius 3 is 2.82 bits per heavy atom. The predicted molar refractivity (Wildman–Crippen MR) is 83.1 cm³/mol. The van der Waals surface area contributed by atoms with Gasteiger partial charge in [-0.15, -0.1) is 11.3 Å². The summed E-state index contributed by atoms with van der Waals surface area (Å²) in [5.41, 5.74) is 0. The molecule has 2 heterocycles. The van der Waals surface area contributed by atoms with E-state index >= 15 is 0 Å². The minimum atomic E-state index is -3.69. The number of nitrogens with one attached hydrogen (secondary N) is 1. The van der Waals surface area contributed by atoms with Gasteiger partial charge in [-0.1, -0.05) is 0 Å². The molecule has 22 heavy (non-hydrogen) atoms. The quantitative estimate of drug-likeness (QED) is 0.770. The van der Waals surface area contributed by atoms with Crippen molar-refractivity contribution >= 4 is 27.3 Å². The molecule has 1 aromatic rings. The third-order valence-corrected chi connectivity index (χ3v) is 7.12. The van der Waals surface area contributed by atoms with E-state index in [-0.39, 0.29) is 20.9 Å². The molecule has 1 N–H and O–H groups in total. The van der Waals surface area contributed by atoms with Crippen molar-refractivity contribution in [2.24, 2.45) is 0 Å². The maximum atomic E-state index is 12.9. The summed E-state index contributed by atoms with van der Waals surface area (Å²) in [6, 6.07) is 1.33. The van der Waals surface area contributed by atoms with Crippen LogP contribution in [0.5, 0.6) is 5.75 Å². The molecule has 1 saturated heterocycles. The van der Waals surface area contributed by atoms with Crippen molar-refractivity contribution < 1.29 is 22.7 Å². The molecule has 0 aromatic carbocycles. The van der Waals surface area contributed by atoms with Gasteiger partial charge in [-0.3, -0.25) is 0 Å². The van der Waals surface area contributed by atoms with Gasteiger partial charge in [-0.2, -0.15) is 4.31 Å². The first-order valence-electron chi connectivity index (χ1n) is 6.88. The number of esters is 1. The molecule has 0 amide bonds. The number of ether oxygens (including phenoxy) is 2. The van der Waals surface area contributed by atoms with Crippen LogP contribution in [0.3, 0.4) is 0 Å². The molecular weight excluding hydrogens is 328 g/mol. The van der Waals surface area contributed by atoms with Crippen molar-refractivity contribution in [3.63, 3.8) is 0 Å². The largest absolute Gasteiger partial charge is 0.494 e. The van der Waals surface area contributed by atoms with Crippen molar-refractivity contribution in [3.05, 3.63) is 10.9 Å². The number of carbonyl (C=O) groups is 1. The lowest BCUT2D eigenvalue weighted by Gasteiger charge is -2.23. The number of hydrogen-bond donors (Lipinski definition) is 1. The summed E-state index contributed by atoms with van der Waals surface area (Å²) in [4.78, 5) is 11.8. The van der Waals surface area contributed by atoms with E-state index in [9.17, 15) is 13.2 Å². The van der Waals surface area contributed by atoms with Gasteiger partial charge >= 0.3 is 5.97 Å². The molecule has 9 heteroatoms. The van der Waals surface area contributed by atoms with Crippen molar-refractivity contribution in [2.75, 3.05) is 34.4 Å². The molecule has 1 aliphatic rings. The average Bonchev–Trinajstić information content (AvgIpc) is 3.13. The van der Waals surface area contributed by atoms with Crippen LogP contribution < -0.4 is 10.1 Å². The van der Waals surface area contributed by atoms with Gasteiger partial charge in [0.1, 0.15) is 4.88 Å². The van der Waals surface area contributed by atoms with Crippen LogP contribution in [0.1, 0.15) is 22.5 Å². The van der Waals surface area contributed by atoms with Crippen molar-refractivity contribution in [3.8, 4) is 5.75 Å². The van der Waals surface area contributed by atoms with Crippen molar-refractivity contribution in [1.29, 1.82) is 0 Å². The fourth-order valence-electron chi connectivity index (χ4n) is 2.55. The molecule has 2 rings (SSSR count). The number of methoxy groups -OCH3 is 2. The van der Waals surface area contributed by atoms with E-state index in [1.165, 1.54) is 24.6 Å². The molecule has 7 nitrogen and oxygen atoms in total. The Morgan fingerprint density at radius 1 is 1.50 bits per heavy atom. The molecule has 0 radical (unpaired) electrons. The van der Waals surface area contributed by atoms with Gasteiger partial charge in [-0.05, 0) is 19.9 Å². The number of sulfonamides is 1. The predicted octanol–water partition coefficient (Wildman–Crippen LogP) is 0.916. The van der Waals surface area contributed by atoms with Gasteiger partial charge in [-0.25, -0.2) is 13.2 Å². The van der Waals surface area contributed by atoms with Gasteiger partial charge < -0.3 is 14.8 Å². The standard InChI is InChI=1S/C13H20N2O5S2/c1-14-8-9-5-4-6-15(9)22(17,18)13-10(19-2)7-11(21-13)12(16)20-3/h7,9,14H,4-6,8H2,1-3H3. The van der Waals surface area contributed by atoms with E-state index in [0.717, 1.165) is 24.2 Å². The van der Waals surface area contributed by atoms with E-state index in [0.29, 0.717) is 13.1 Å². The lowest BCUT2D eigenvalue weighted by atomic mass is 10.2. The number of carbonyl (C=O) groups excluding carboxylic acids is 1. The maximum Gasteiger partial charge on any atom is 0.348 e. The summed E-state index contributed by atoms with van der Waals surface area (Å²) >= 11 is 0.881. The average molecular weight is 348 g/mol. The summed E-state index contributed by atoms with van der Waals surface area (Å²) in [5, 5.41) is 3.02. The van der Waals surface area contributed by atoms with Crippen LogP contribution in [0.2, 0.25) is 0 Å². The second kappa shape index (κ2) is 6.95. The second-order valence-corrected chi connectivity index (χ2v) is 8.07. The zero-order chi connectivity index (χ0) is 16.3.